The molecule has 1 aliphatic rings. The summed E-state index contributed by atoms with van der Waals surface area (Å²) in [6.45, 7) is 0. The van der Waals surface area contributed by atoms with Crippen LogP contribution in [0.5, 0.6) is 0 Å². The molecule has 4 nitrogen and oxygen atoms in total. The lowest BCUT2D eigenvalue weighted by Crippen LogP contribution is -2.29. The van der Waals surface area contributed by atoms with E-state index in [0.717, 1.165) is 36.0 Å². The first-order valence-corrected chi connectivity index (χ1v) is 8.11. The highest BCUT2D eigenvalue weighted by Crippen LogP contribution is 2.36. The SMILES string of the molecule is N=C(N)SCC(=O)N1c2ccccc2CCc2ccccc21. The molecule has 1 aliphatic heterocycles. The van der Waals surface area contributed by atoms with Crippen LogP contribution in [0.25, 0.3) is 0 Å². The fourth-order valence-corrected chi connectivity index (χ4v) is 3.16. The molecule has 3 rings (SSSR count). The average Bonchev–Trinajstić information content (AvgIpc) is 2.69. The average molecular weight is 311 g/mol. The van der Waals surface area contributed by atoms with Gasteiger partial charge >= 0.3 is 0 Å². The van der Waals surface area contributed by atoms with E-state index in [2.05, 4.69) is 12.1 Å². The molecular weight excluding hydrogens is 294 g/mol. The third-order valence-corrected chi connectivity index (χ3v) is 4.43. The van der Waals surface area contributed by atoms with Gasteiger partial charge in [-0.2, -0.15) is 0 Å². The molecule has 0 saturated carbocycles. The van der Waals surface area contributed by atoms with Gasteiger partial charge in [0.2, 0.25) is 5.91 Å². The van der Waals surface area contributed by atoms with Gasteiger partial charge in [-0.25, -0.2) is 0 Å². The number of rotatable bonds is 2. The van der Waals surface area contributed by atoms with Crippen LogP contribution in [0.15, 0.2) is 48.5 Å². The number of amides is 1. The van der Waals surface area contributed by atoms with Crippen LogP contribution in [-0.4, -0.2) is 16.8 Å². The Kier molecular flexibility index (Phi) is 4.15. The smallest absolute Gasteiger partial charge is 0.242 e. The lowest BCUT2D eigenvalue weighted by atomic mass is 10.0. The van der Waals surface area contributed by atoms with Crippen molar-refractivity contribution in [2.24, 2.45) is 5.73 Å². The number of benzene rings is 2. The quantitative estimate of drug-likeness (QED) is 0.661. The number of nitrogens with zero attached hydrogens (tertiary/aromatic N) is 1. The van der Waals surface area contributed by atoms with Crippen LogP contribution in [0.1, 0.15) is 11.1 Å². The van der Waals surface area contributed by atoms with Crippen LogP contribution in [-0.2, 0) is 17.6 Å². The largest absolute Gasteiger partial charge is 0.379 e. The van der Waals surface area contributed by atoms with Crippen molar-refractivity contribution in [1.29, 1.82) is 5.41 Å². The lowest BCUT2D eigenvalue weighted by Gasteiger charge is -2.24. The third kappa shape index (κ3) is 2.85. The topological polar surface area (TPSA) is 70.2 Å². The molecule has 2 aromatic rings. The Morgan fingerprint density at radius 2 is 1.55 bits per heavy atom. The summed E-state index contributed by atoms with van der Waals surface area (Å²) in [5, 5.41) is 7.27. The number of nitrogens with two attached hydrogens (primary N) is 1. The standard InChI is InChI=1S/C17H17N3OS/c18-17(19)22-11-16(21)20-14-7-3-1-5-12(14)9-10-13-6-2-4-8-15(13)20/h1-8H,9-11H2,(H3,18,19). The fourth-order valence-electron chi connectivity index (χ4n) is 2.75. The Balaban J connectivity index is 2.06. The number of para-hydroxylation sites is 2. The second-order valence-corrected chi connectivity index (χ2v) is 6.16. The zero-order valence-electron chi connectivity index (χ0n) is 12.1. The van der Waals surface area contributed by atoms with Gasteiger partial charge in [-0.1, -0.05) is 48.2 Å². The van der Waals surface area contributed by atoms with E-state index in [-0.39, 0.29) is 16.8 Å². The Hall–Kier alpha value is -2.27. The maximum atomic E-state index is 12.7. The summed E-state index contributed by atoms with van der Waals surface area (Å²) in [6, 6.07) is 16.0. The minimum absolute atomic E-state index is 0.0373. The van der Waals surface area contributed by atoms with Gasteiger partial charge < -0.3 is 5.73 Å². The summed E-state index contributed by atoms with van der Waals surface area (Å²) in [7, 11) is 0. The molecule has 0 saturated heterocycles. The zero-order valence-corrected chi connectivity index (χ0v) is 12.9. The minimum Gasteiger partial charge on any atom is -0.379 e. The van der Waals surface area contributed by atoms with E-state index < -0.39 is 0 Å². The number of thioether (sulfide) groups is 1. The van der Waals surface area contributed by atoms with Gasteiger partial charge in [-0.3, -0.25) is 15.1 Å². The van der Waals surface area contributed by atoms with Crippen LogP contribution in [0.2, 0.25) is 0 Å². The first-order valence-electron chi connectivity index (χ1n) is 7.12. The molecule has 0 aliphatic carbocycles. The fraction of sp³-hybridized carbons (Fsp3) is 0.176. The number of anilines is 2. The van der Waals surface area contributed by atoms with Crippen LogP contribution in [0, 0.1) is 5.41 Å². The minimum atomic E-state index is -0.0537. The first kappa shape index (κ1) is 14.7. The Morgan fingerprint density at radius 3 is 2.05 bits per heavy atom. The number of carbonyl (C=O) groups is 1. The molecule has 0 unspecified atom stereocenters. The molecule has 1 heterocycles. The molecule has 0 aromatic heterocycles. The van der Waals surface area contributed by atoms with Crippen molar-refractivity contribution in [1.82, 2.24) is 0 Å². The van der Waals surface area contributed by atoms with Crippen molar-refractivity contribution in [3.05, 3.63) is 59.7 Å². The Bertz CT molecular complexity index is 682. The van der Waals surface area contributed by atoms with Crippen molar-refractivity contribution in [2.75, 3.05) is 10.7 Å². The molecule has 2 aromatic carbocycles. The molecule has 0 spiro atoms. The Labute approximate surface area is 133 Å². The summed E-state index contributed by atoms with van der Waals surface area (Å²) >= 11 is 1.06. The number of hydrogen-bond donors (Lipinski definition) is 2. The van der Waals surface area contributed by atoms with E-state index in [4.69, 9.17) is 11.1 Å². The second kappa shape index (κ2) is 6.23. The normalized spacial score (nSPS) is 13.0. The van der Waals surface area contributed by atoms with E-state index >= 15 is 0 Å². The van der Waals surface area contributed by atoms with Crippen LogP contribution < -0.4 is 10.6 Å². The van der Waals surface area contributed by atoms with Gasteiger partial charge in [0, 0.05) is 0 Å². The van der Waals surface area contributed by atoms with Gasteiger partial charge in [0.1, 0.15) is 0 Å². The van der Waals surface area contributed by atoms with E-state index in [0.29, 0.717) is 0 Å². The number of amidine groups is 1. The summed E-state index contributed by atoms with van der Waals surface area (Å²) in [4.78, 5) is 14.5. The number of hydrogen-bond acceptors (Lipinski definition) is 3. The molecule has 0 radical (unpaired) electrons. The van der Waals surface area contributed by atoms with Crippen molar-refractivity contribution < 1.29 is 4.79 Å². The first-order chi connectivity index (χ1) is 10.7. The molecule has 22 heavy (non-hydrogen) atoms. The maximum absolute atomic E-state index is 12.7. The van der Waals surface area contributed by atoms with Gasteiger partial charge in [0.05, 0.1) is 17.1 Å². The molecule has 112 valence electrons. The predicted octanol–water partition coefficient (Wildman–Crippen LogP) is 3.08. The third-order valence-electron chi connectivity index (χ3n) is 3.73. The van der Waals surface area contributed by atoms with Gasteiger partial charge in [-0.15, -0.1) is 0 Å². The highest BCUT2D eigenvalue weighted by atomic mass is 32.2. The van der Waals surface area contributed by atoms with Crippen molar-refractivity contribution in [3.8, 4) is 0 Å². The Morgan fingerprint density at radius 1 is 1.05 bits per heavy atom. The van der Waals surface area contributed by atoms with Gasteiger partial charge in [0.25, 0.3) is 0 Å². The predicted molar refractivity (Wildman–Crippen MR) is 91.8 cm³/mol. The molecule has 1 amide bonds. The van der Waals surface area contributed by atoms with Crippen LogP contribution in [0.3, 0.4) is 0 Å². The van der Waals surface area contributed by atoms with E-state index in [1.165, 1.54) is 11.1 Å². The molecule has 3 N–H and O–H groups in total. The molecular formula is C17H17N3OS. The summed E-state index contributed by atoms with van der Waals surface area (Å²) in [5.74, 6) is 0.111. The summed E-state index contributed by atoms with van der Waals surface area (Å²) in [5.41, 5.74) is 9.56. The summed E-state index contributed by atoms with van der Waals surface area (Å²) < 4.78 is 0. The number of carbonyl (C=O) groups excluding carboxylic acids is 1. The van der Waals surface area contributed by atoms with E-state index in [1.807, 2.05) is 36.4 Å². The molecule has 0 bridgehead atoms. The second-order valence-electron chi connectivity index (χ2n) is 5.14. The van der Waals surface area contributed by atoms with Crippen molar-refractivity contribution >= 4 is 34.2 Å². The number of nitrogens with one attached hydrogen (secondary N) is 1. The molecule has 5 heteroatoms. The van der Waals surface area contributed by atoms with E-state index in [9.17, 15) is 4.79 Å². The van der Waals surface area contributed by atoms with Crippen molar-refractivity contribution in [3.63, 3.8) is 0 Å². The monoisotopic (exact) mass is 311 g/mol. The van der Waals surface area contributed by atoms with Crippen LogP contribution >= 0.6 is 11.8 Å². The van der Waals surface area contributed by atoms with Crippen molar-refractivity contribution in [2.45, 2.75) is 12.8 Å². The highest BCUT2D eigenvalue weighted by Gasteiger charge is 2.25. The van der Waals surface area contributed by atoms with Crippen LogP contribution in [0.4, 0.5) is 11.4 Å². The van der Waals surface area contributed by atoms with Gasteiger partial charge in [0.15, 0.2) is 5.17 Å². The number of aryl methyl sites for hydroxylation is 2. The maximum Gasteiger partial charge on any atom is 0.242 e. The highest BCUT2D eigenvalue weighted by molar-refractivity contribution is 8.14. The summed E-state index contributed by atoms with van der Waals surface area (Å²) in [6.07, 6.45) is 1.83. The van der Waals surface area contributed by atoms with Gasteiger partial charge in [-0.05, 0) is 36.1 Å². The molecule has 0 fully saturated rings. The number of fused-ring (bicyclic) bond motifs is 2. The van der Waals surface area contributed by atoms with E-state index in [1.54, 1.807) is 4.90 Å². The molecule has 0 atom stereocenters. The zero-order chi connectivity index (χ0) is 15.5. The lowest BCUT2D eigenvalue weighted by molar-refractivity contribution is -0.115.